The van der Waals surface area contributed by atoms with Gasteiger partial charge in [0.2, 0.25) is 0 Å². The van der Waals surface area contributed by atoms with Crippen molar-refractivity contribution in [2.75, 3.05) is 14.2 Å². The third-order valence-corrected chi connectivity index (χ3v) is 5.72. The van der Waals surface area contributed by atoms with E-state index in [1.54, 1.807) is 6.07 Å². The second-order valence-corrected chi connectivity index (χ2v) is 7.73. The summed E-state index contributed by atoms with van der Waals surface area (Å²) >= 11 is 0. The summed E-state index contributed by atoms with van der Waals surface area (Å²) in [4.78, 5) is 38.8. The van der Waals surface area contributed by atoms with Gasteiger partial charge in [-0.25, -0.2) is 19.0 Å². The third-order valence-electron chi connectivity index (χ3n) is 5.72. The highest BCUT2D eigenvalue weighted by molar-refractivity contribution is 6.04. The quantitative estimate of drug-likeness (QED) is 0.514. The Hall–Kier alpha value is -3.74. The van der Waals surface area contributed by atoms with Crippen molar-refractivity contribution in [3.8, 4) is 6.07 Å². The maximum atomic E-state index is 14.1. The van der Waals surface area contributed by atoms with Crippen LogP contribution >= 0.6 is 0 Å². The molecule has 1 amide bonds. The van der Waals surface area contributed by atoms with Crippen molar-refractivity contribution < 1.29 is 28.2 Å². The van der Waals surface area contributed by atoms with E-state index in [9.17, 15) is 24.0 Å². The number of carbonyl (C=O) groups excluding carboxylic acids is 3. The Morgan fingerprint density at radius 3 is 2.52 bits per heavy atom. The van der Waals surface area contributed by atoms with Crippen LogP contribution in [0.5, 0.6) is 0 Å². The van der Waals surface area contributed by atoms with Crippen molar-refractivity contribution >= 4 is 24.1 Å². The Labute approximate surface area is 190 Å². The van der Waals surface area contributed by atoms with E-state index in [2.05, 4.69) is 10.4 Å². The fraction of sp³-hybridized carbons (Fsp3) is 0.435. The lowest BCUT2D eigenvalue weighted by Gasteiger charge is -2.37. The second kappa shape index (κ2) is 10.7. The molecule has 1 aliphatic carbocycles. The summed E-state index contributed by atoms with van der Waals surface area (Å²) in [5, 5.41) is 17.6. The molecule has 0 bridgehead atoms. The molecule has 1 heterocycles. The lowest BCUT2D eigenvalue weighted by atomic mass is 9.88. The zero-order valence-electron chi connectivity index (χ0n) is 18.4. The molecule has 2 atom stereocenters. The van der Waals surface area contributed by atoms with Crippen LogP contribution in [0.2, 0.25) is 0 Å². The average Bonchev–Trinajstić information content (AvgIpc) is 2.84. The van der Waals surface area contributed by atoms with Gasteiger partial charge < -0.3 is 14.8 Å². The van der Waals surface area contributed by atoms with E-state index in [1.807, 2.05) is 6.07 Å². The summed E-state index contributed by atoms with van der Waals surface area (Å²) < 4.78 is 23.8. The summed E-state index contributed by atoms with van der Waals surface area (Å²) in [5.74, 6) is -4.72. The number of hydrogen-bond donors (Lipinski definition) is 1. The maximum absolute atomic E-state index is 14.1. The number of carbonyl (C=O) groups is 3. The topological polar surface area (TPSA) is 121 Å². The molecule has 0 radical (unpaired) electrons. The first kappa shape index (κ1) is 23.9. The van der Waals surface area contributed by atoms with Gasteiger partial charge in [0.1, 0.15) is 5.82 Å². The fourth-order valence-electron chi connectivity index (χ4n) is 4.04. The molecule has 9 nitrogen and oxygen atoms in total. The summed E-state index contributed by atoms with van der Waals surface area (Å²) in [6.07, 6.45) is 5.63. The molecular weight excluding hydrogens is 431 g/mol. The molecule has 1 N–H and O–H groups in total. The molecule has 0 spiro atoms. The number of nitrogens with zero attached hydrogens (tertiary/aromatic N) is 3. The first-order chi connectivity index (χ1) is 15.9. The van der Waals surface area contributed by atoms with Gasteiger partial charge in [0.05, 0.1) is 37.8 Å². The minimum Gasteiger partial charge on any atom is -0.467 e. The van der Waals surface area contributed by atoms with Crippen LogP contribution in [-0.2, 0) is 23.9 Å². The van der Waals surface area contributed by atoms with Crippen LogP contribution < -0.4 is 5.32 Å². The summed E-state index contributed by atoms with van der Waals surface area (Å²) in [7, 11) is 2.23. The number of nitriles is 1. The highest BCUT2D eigenvalue weighted by Crippen LogP contribution is 2.32. The van der Waals surface area contributed by atoms with Gasteiger partial charge in [-0.15, -0.1) is 0 Å². The number of ether oxygens (including phenoxy) is 2. The Morgan fingerprint density at radius 1 is 1.21 bits per heavy atom. The van der Waals surface area contributed by atoms with Gasteiger partial charge in [-0.1, -0.05) is 37.5 Å². The molecule has 2 aliphatic rings. The molecule has 10 heteroatoms. The van der Waals surface area contributed by atoms with Gasteiger partial charge in [-0.2, -0.15) is 10.4 Å². The van der Waals surface area contributed by atoms with Gasteiger partial charge in [0.15, 0.2) is 12.0 Å². The number of nitrogens with one attached hydrogen (secondary N) is 1. The van der Waals surface area contributed by atoms with E-state index in [0.29, 0.717) is 5.01 Å². The van der Waals surface area contributed by atoms with Crippen LogP contribution in [0.3, 0.4) is 0 Å². The number of halogens is 1. The van der Waals surface area contributed by atoms with E-state index in [-0.39, 0.29) is 22.9 Å². The molecule has 1 saturated carbocycles. The SMILES string of the molecule is COC(=O)C1=C(NC2CCCCC2)C(C#N)C(=O)N(/N=C/c2ccccc2F)C1C(=O)OC. The summed E-state index contributed by atoms with van der Waals surface area (Å²) in [5.41, 5.74) is -0.155. The van der Waals surface area contributed by atoms with E-state index in [4.69, 9.17) is 9.47 Å². The van der Waals surface area contributed by atoms with Crippen LogP contribution in [0.1, 0.15) is 37.7 Å². The van der Waals surface area contributed by atoms with Gasteiger partial charge in [0.25, 0.3) is 5.91 Å². The van der Waals surface area contributed by atoms with Crippen LogP contribution in [0.25, 0.3) is 0 Å². The number of hydrazone groups is 1. The van der Waals surface area contributed by atoms with Crippen molar-refractivity contribution in [3.63, 3.8) is 0 Å². The summed E-state index contributed by atoms with van der Waals surface area (Å²) in [6, 6.07) is 5.93. The fourth-order valence-corrected chi connectivity index (χ4v) is 4.04. The highest BCUT2D eigenvalue weighted by Gasteiger charge is 2.49. The number of amides is 1. The second-order valence-electron chi connectivity index (χ2n) is 7.73. The van der Waals surface area contributed by atoms with Crippen LogP contribution in [0, 0.1) is 23.1 Å². The van der Waals surface area contributed by atoms with Gasteiger partial charge in [0, 0.05) is 11.6 Å². The van der Waals surface area contributed by atoms with E-state index in [1.165, 1.54) is 18.2 Å². The lowest BCUT2D eigenvalue weighted by molar-refractivity contribution is -0.155. The number of hydrogen-bond acceptors (Lipinski definition) is 8. The minimum absolute atomic E-state index is 0.0222. The van der Waals surface area contributed by atoms with Crippen molar-refractivity contribution in [1.82, 2.24) is 10.3 Å². The van der Waals surface area contributed by atoms with E-state index >= 15 is 0 Å². The van der Waals surface area contributed by atoms with Crippen molar-refractivity contribution in [1.29, 1.82) is 5.26 Å². The minimum atomic E-state index is -1.60. The number of methoxy groups -OCH3 is 2. The number of esters is 2. The third kappa shape index (κ3) is 5.03. The van der Waals surface area contributed by atoms with Crippen LogP contribution in [0.4, 0.5) is 4.39 Å². The molecule has 174 valence electrons. The summed E-state index contributed by atoms with van der Waals surface area (Å²) in [6.45, 7) is 0. The molecule has 1 aromatic rings. The largest absolute Gasteiger partial charge is 0.467 e. The highest BCUT2D eigenvalue weighted by atomic mass is 19.1. The van der Waals surface area contributed by atoms with Gasteiger partial charge in [-0.05, 0) is 18.9 Å². The Morgan fingerprint density at radius 2 is 1.91 bits per heavy atom. The lowest BCUT2D eigenvalue weighted by Crippen LogP contribution is -2.55. The number of benzene rings is 1. The predicted octanol–water partition coefficient (Wildman–Crippen LogP) is 2.03. The predicted molar refractivity (Wildman–Crippen MR) is 115 cm³/mol. The Bertz CT molecular complexity index is 1030. The average molecular weight is 456 g/mol. The molecule has 33 heavy (non-hydrogen) atoms. The molecule has 0 aromatic heterocycles. The van der Waals surface area contributed by atoms with Crippen LogP contribution in [0.15, 0.2) is 40.6 Å². The van der Waals surface area contributed by atoms with Crippen molar-refractivity contribution in [2.45, 2.75) is 44.2 Å². The van der Waals surface area contributed by atoms with E-state index in [0.717, 1.165) is 52.5 Å². The van der Waals surface area contributed by atoms with Gasteiger partial charge in [-0.3, -0.25) is 4.79 Å². The molecular formula is C23H25FN4O5. The maximum Gasteiger partial charge on any atom is 0.338 e. The molecule has 1 aliphatic heterocycles. The van der Waals surface area contributed by atoms with Crippen molar-refractivity contribution in [3.05, 3.63) is 46.9 Å². The Balaban J connectivity index is 2.12. The molecule has 2 unspecified atom stereocenters. The standard InChI is InChI=1S/C23H25FN4O5/c1-32-22(30)18-19(27-15-9-4-3-5-10-15)16(12-25)21(29)28(20(18)23(31)33-2)26-13-14-8-6-7-11-17(14)24/h6-8,11,13,15-16,20,27H,3-5,9-10H2,1-2H3/b26-13+. The monoisotopic (exact) mass is 456 g/mol. The first-order valence-corrected chi connectivity index (χ1v) is 10.6. The van der Waals surface area contributed by atoms with Crippen LogP contribution in [-0.4, -0.2) is 55.4 Å². The smallest absolute Gasteiger partial charge is 0.338 e. The molecule has 1 fully saturated rings. The molecule has 3 rings (SSSR count). The van der Waals surface area contributed by atoms with Gasteiger partial charge >= 0.3 is 11.9 Å². The van der Waals surface area contributed by atoms with E-state index < -0.39 is 35.6 Å². The zero-order chi connectivity index (χ0) is 24.0. The molecule has 0 saturated heterocycles. The molecule has 1 aromatic carbocycles. The number of rotatable bonds is 6. The Kier molecular flexibility index (Phi) is 7.77. The normalized spacial score (nSPS) is 21.6. The van der Waals surface area contributed by atoms with Crippen molar-refractivity contribution in [2.24, 2.45) is 11.0 Å². The first-order valence-electron chi connectivity index (χ1n) is 10.6. The zero-order valence-corrected chi connectivity index (χ0v) is 18.4.